The number of rotatable bonds is 5. The number of H-pyrrole nitrogens is 1. The molecule has 6 nitrogen and oxygen atoms in total. The van der Waals surface area contributed by atoms with E-state index in [1.807, 2.05) is 54.7 Å². The van der Waals surface area contributed by atoms with Crippen molar-refractivity contribution in [2.75, 3.05) is 18.9 Å². The molecule has 28 heavy (non-hydrogen) atoms. The highest BCUT2D eigenvalue weighted by Crippen LogP contribution is 2.35. The van der Waals surface area contributed by atoms with Crippen molar-refractivity contribution < 1.29 is 9.84 Å². The Morgan fingerprint density at radius 1 is 1.11 bits per heavy atom. The van der Waals surface area contributed by atoms with E-state index in [9.17, 15) is 5.26 Å². The smallest absolute Gasteiger partial charge is 0.142 e. The van der Waals surface area contributed by atoms with Crippen LogP contribution >= 0.6 is 0 Å². The number of aromatic amines is 1. The van der Waals surface area contributed by atoms with E-state index in [0.717, 1.165) is 22.0 Å². The minimum absolute atomic E-state index is 0.0689. The van der Waals surface area contributed by atoms with Gasteiger partial charge >= 0.3 is 0 Å². The van der Waals surface area contributed by atoms with Crippen LogP contribution in [0.2, 0.25) is 0 Å². The summed E-state index contributed by atoms with van der Waals surface area (Å²) < 4.78 is 5.50. The van der Waals surface area contributed by atoms with Crippen molar-refractivity contribution in [2.45, 2.75) is 0 Å². The summed E-state index contributed by atoms with van der Waals surface area (Å²) in [6, 6.07) is 19.3. The number of pyridine rings is 1. The molecule has 0 aliphatic heterocycles. The highest BCUT2D eigenvalue weighted by atomic mass is 16.5. The summed E-state index contributed by atoms with van der Waals surface area (Å²) in [6.45, 7) is 0.133. The second kappa shape index (κ2) is 7.43. The van der Waals surface area contributed by atoms with Crippen LogP contribution in [0.1, 0.15) is 5.56 Å². The lowest BCUT2D eigenvalue weighted by Crippen LogP contribution is -2.02. The van der Waals surface area contributed by atoms with Crippen molar-refractivity contribution in [1.82, 2.24) is 9.97 Å². The van der Waals surface area contributed by atoms with Gasteiger partial charge in [-0.25, -0.2) is 4.98 Å². The quantitative estimate of drug-likeness (QED) is 0.496. The fourth-order valence-electron chi connectivity index (χ4n) is 3.25. The van der Waals surface area contributed by atoms with Crippen LogP contribution in [0.15, 0.2) is 60.8 Å². The zero-order chi connectivity index (χ0) is 19.5. The Morgan fingerprint density at radius 2 is 1.96 bits per heavy atom. The number of ether oxygens (including phenoxy) is 1. The van der Waals surface area contributed by atoms with Crippen LogP contribution in [0.5, 0.6) is 5.75 Å². The van der Waals surface area contributed by atoms with E-state index in [1.165, 1.54) is 0 Å². The van der Waals surface area contributed by atoms with Crippen molar-refractivity contribution in [3.63, 3.8) is 0 Å². The van der Waals surface area contributed by atoms with E-state index in [4.69, 9.17) is 15.6 Å². The Balaban J connectivity index is 1.87. The van der Waals surface area contributed by atoms with Crippen LogP contribution in [-0.2, 0) is 0 Å². The fourth-order valence-corrected chi connectivity index (χ4v) is 3.25. The number of nitrogens with one attached hydrogen (secondary N) is 1. The number of aliphatic hydroxyl groups is 1. The molecule has 0 saturated carbocycles. The third-order valence-corrected chi connectivity index (χ3v) is 4.53. The Kier molecular flexibility index (Phi) is 4.67. The largest absolute Gasteiger partial charge is 0.491 e. The number of nitrogens with two attached hydrogens (primary N) is 1. The molecule has 0 aliphatic rings. The molecule has 6 heteroatoms. The summed E-state index contributed by atoms with van der Waals surface area (Å²) in [6.07, 6.45) is 1.89. The van der Waals surface area contributed by atoms with Gasteiger partial charge in [0.1, 0.15) is 29.8 Å². The summed E-state index contributed by atoms with van der Waals surface area (Å²) in [4.78, 5) is 7.70. The number of aliphatic hydroxyl groups excluding tert-OH is 1. The van der Waals surface area contributed by atoms with E-state index < -0.39 is 0 Å². The maximum Gasteiger partial charge on any atom is 0.142 e. The van der Waals surface area contributed by atoms with Crippen LogP contribution in [0, 0.1) is 11.3 Å². The van der Waals surface area contributed by atoms with Gasteiger partial charge in [0, 0.05) is 28.2 Å². The molecule has 0 saturated heterocycles. The average molecular weight is 370 g/mol. The molecule has 138 valence electrons. The van der Waals surface area contributed by atoms with Gasteiger partial charge in [-0.3, -0.25) is 0 Å². The predicted octanol–water partition coefficient (Wildman–Crippen LogP) is 3.72. The van der Waals surface area contributed by atoms with Crippen molar-refractivity contribution >= 4 is 16.7 Å². The third kappa shape index (κ3) is 3.15. The molecule has 2 heterocycles. The van der Waals surface area contributed by atoms with Gasteiger partial charge < -0.3 is 20.6 Å². The average Bonchev–Trinajstić information content (AvgIpc) is 3.16. The molecule has 0 bridgehead atoms. The van der Waals surface area contributed by atoms with Crippen LogP contribution in [0.4, 0.5) is 5.82 Å². The van der Waals surface area contributed by atoms with Gasteiger partial charge in [-0.05, 0) is 29.8 Å². The summed E-state index contributed by atoms with van der Waals surface area (Å²) in [5.74, 6) is 0.793. The first-order valence-electron chi connectivity index (χ1n) is 8.82. The molecule has 0 aliphatic carbocycles. The Hall–Kier alpha value is -3.82. The zero-order valence-corrected chi connectivity index (χ0v) is 15.0. The Morgan fingerprint density at radius 3 is 2.79 bits per heavy atom. The lowest BCUT2D eigenvalue weighted by atomic mass is 9.98. The van der Waals surface area contributed by atoms with Gasteiger partial charge in [-0.2, -0.15) is 5.26 Å². The van der Waals surface area contributed by atoms with Crippen LogP contribution in [0.25, 0.3) is 33.3 Å². The number of nitrogen functional groups attached to an aromatic ring is 1. The van der Waals surface area contributed by atoms with Crippen molar-refractivity contribution in [3.05, 3.63) is 66.4 Å². The van der Waals surface area contributed by atoms with Gasteiger partial charge in [0.2, 0.25) is 0 Å². The lowest BCUT2D eigenvalue weighted by molar-refractivity contribution is 0.201. The first-order chi connectivity index (χ1) is 13.7. The summed E-state index contributed by atoms with van der Waals surface area (Å²) >= 11 is 0. The minimum Gasteiger partial charge on any atom is -0.491 e. The number of nitriles is 1. The molecule has 2 aromatic heterocycles. The van der Waals surface area contributed by atoms with E-state index >= 15 is 0 Å². The van der Waals surface area contributed by atoms with E-state index in [-0.39, 0.29) is 19.0 Å². The van der Waals surface area contributed by atoms with E-state index in [0.29, 0.717) is 22.6 Å². The highest BCUT2D eigenvalue weighted by molar-refractivity contribution is 5.96. The third-order valence-electron chi connectivity index (χ3n) is 4.53. The van der Waals surface area contributed by atoms with E-state index in [2.05, 4.69) is 16.0 Å². The number of benzene rings is 2. The number of nitrogens with zero attached hydrogens (tertiary/aromatic N) is 2. The number of hydrogen-bond donors (Lipinski definition) is 3. The molecule has 4 aromatic rings. The SMILES string of the molecule is N#Cc1c(-c2cccc(OCCO)c2)cc(-c2c[nH]c3ccccc23)nc1N. The Bertz CT molecular complexity index is 1190. The topological polar surface area (TPSA) is 108 Å². The molecule has 0 fully saturated rings. The molecular formula is C22H18N4O2. The minimum atomic E-state index is -0.0689. The van der Waals surface area contributed by atoms with E-state index in [1.54, 1.807) is 6.07 Å². The monoisotopic (exact) mass is 370 g/mol. The molecule has 0 atom stereocenters. The van der Waals surface area contributed by atoms with Gasteiger partial charge in [-0.15, -0.1) is 0 Å². The first-order valence-corrected chi connectivity index (χ1v) is 8.82. The first kappa shape index (κ1) is 17.6. The molecule has 0 radical (unpaired) electrons. The zero-order valence-electron chi connectivity index (χ0n) is 15.0. The molecule has 0 amide bonds. The molecule has 0 spiro atoms. The number of aromatic nitrogens is 2. The normalized spacial score (nSPS) is 10.7. The Labute approximate surface area is 161 Å². The maximum absolute atomic E-state index is 9.62. The van der Waals surface area contributed by atoms with Crippen LogP contribution in [-0.4, -0.2) is 28.3 Å². The number of anilines is 1. The van der Waals surface area contributed by atoms with Gasteiger partial charge in [-0.1, -0.05) is 30.3 Å². The maximum atomic E-state index is 9.62. The van der Waals surface area contributed by atoms with Gasteiger partial charge in [0.15, 0.2) is 0 Å². The molecule has 4 N–H and O–H groups in total. The van der Waals surface area contributed by atoms with Crippen molar-refractivity contribution in [3.8, 4) is 34.2 Å². The second-order valence-corrected chi connectivity index (χ2v) is 6.27. The highest BCUT2D eigenvalue weighted by Gasteiger charge is 2.16. The second-order valence-electron chi connectivity index (χ2n) is 6.27. The van der Waals surface area contributed by atoms with Crippen LogP contribution < -0.4 is 10.5 Å². The number of hydrogen-bond acceptors (Lipinski definition) is 5. The van der Waals surface area contributed by atoms with Crippen molar-refractivity contribution in [1.29, 1.82) is 5.26 Å². The standard InChI is InChI=1S/C22H18N4O2/c23-12-18-17(14-4-3-5-15(10-14)28-9-8-27)11-21(26-22(18)24)19-13-25-20-7-2-1-6-16(19)20/h1-7,10-11,13,25,27H,8-9H2,(H2,24,26). The summed E-state index contributed by atoms with van der Waals surface area (Å²) in [7, 11) is 0. The van der Waals surface area contributed by atoms with Gasteiger partial charge in [0.05, 0.1) is 12.3 Å². The molecule has 2 aromatic carbocycles. The number of fused-ring (bicyclic) bond motifs is 1. The summed E-state index contributed by atoms with van der Waals surface area (Å²) in [5, 5.41) is 19.6. The fraction of sp³-hybridized carbons (Fsp3) is 0.0909. The van der Waals surface area contributed by atoms with Gasteiger partial charge in [0.25, 0.3) is 0 Å². The molecular weight excluding hydrogens is 352 g/mol. The lowest BCUT2D eigenvalue weighted by Gasteiger charge is -2.11. The molecule has 0 unspecified atom stereocenters. The predicted molar refractivity (Wildman–Crippen MR) is 109 cm³/mol. The van der Waals surface area contributed by atoms with Crippen molar-refractivity contribution in [2.24, 2.45) is 0 Å². The van der Waals surface area contributed by atoms with Crippen LogP contribution in [0.3, 0.4) is 0 Å². The summed E-state index contributed by atoms with van der Waals surface area (Å²) in [5.41, 5.74) is 10.5. The molecule has 4 rings (SSSR count). The number of para-hydroxylation sites is 1.